The van der Waals surface area contributed by atoms with E-state index < -0.39 is 0 Å². The van der Waals surface area contributed by atoms with Gasteiger partial charge in [0.05, 0.1) is 16.7 Å². The molecule has 0 aromatic heterocycles. The zero-order valence-electron chi connectivity index (χ0n) is 13.8. The van der Waals surface area contributed by atoms with Gasteiger partial charge in [-0.1, -0.05) is 55.8 Å². The molecule has 0 saturated carbocycles. The van der Waals surface area contributed by atoms with Gasteiger partial charge < -0.3 is 4.74 Å². The summed E-state index contributed by atoms with van der Waals surface area (Å²) in [6.07, 6.45) is 6.90. The van der Waals surface area contributed by atoms with Gasteiger partial charge in [-0.2, -0.15) is 5.26 Å². The fourth-order valence-corrected chi connectivity index (χ4v) is 3.00. The van der Waals surface area contributed by atoms with Crippen molar-refractivity contribution in [1.82, 2.24) is 0 Å². The van der Waals surface area contributed by atoms with Crippen molar-refractivity contribution in [2.45, 2.75) is 45.4 Å². The molecule has 2 aromatic rings. The second kappa shape index (κ2) is 9.57. The Morgan fingerprint density at radius 3 is 2.50 bits per heavy atom. The van der Waals surface area contributed by atoms with Crippen LogP contribution in [0.15, 0.2) is 36.4 Å². The van der Waals surface area contributed by atoms with Gasteiger partial charge in [-0.05, 0) is 54.8 Å². The van der Waals surface area contributed by atoms with Crippen molar-refractivity contribution >= 4 is 23.2 Å². The molecule has 0 fully saturated rings. The van der Waals surface area contributed by atoms with Gasteiger partial charge in [0.25, 0.3) is 0 Å². The lowest BCUT2D eigenvalue weighted by Crippen LogP contribution is -1.93. The largest absolute Gasteiger partial charge is 0.456 e. The Kier molecular flexibility index (Phi) is 7.43. The fraction of sp³-hybridized carbons (Fsp3) is 0.350. The molecule has 0 saturated heterocycles. The predicted octanol–water partition coefficient (Wildman–Crippen LogP) is 7.17. The van der Waals surface area contributed by atoms with E-state index in [-0.39, 0.29) is 0 Å². The summed E-state index contributed by atoms with van der Waals surface area (Å²) in [7, 11) is 0. The molecule has 0 bridgehead atoms. The summed E-state index contributed by atoms with van der Waals surface area (Å²) >= 11 is 12.1. The van der Waals surface area contributed by atoms with Crippen LogP contribution in [0.4, 0.5) is 0 Å². The quantitative estimate of drug-likeness (QED) is 0.466. The molecule has 2 aromatic carbocycles. The van der Waals surface area contributed by atoms with Crippen LogP contribution < -0.4 is 4.74 Å². The highest BCUT2D eigenvalue weighted by molar-refractivity contribution is 6.35. The molecule has 2 nitrogen and oxygen atoms in total. The van der Waals surface area contributed by atoms with E-state index in [1.807, 2.05) is 6.07 Å². The number of ether oxygens (including phenoxy) is 1. The van der Waals surface area contributed by atoms with E-state index in [0.717, 1.165) is 18.4 Å². The number of aryl methyl sites for hydroxylation is 1. The van der Waals surface area contributed by atoms with Gasteiger partial charge in [-0.25, -0.2) is 0 Å². The molecule has 126 valence electrons. The number of nitriles is 1. The Morgan fingerprint density at radius 2 is 1.79 bits per heavy atom. The third kappa shape index (κ3) is 5.44. The molecule has 0 unspecified atom stereocenters. The molecule has 0 atom stereocenters. The van der Waals surface area contributed by atoms with Gasteiger partial charge in [0.15, 0.2) is 0 Å². The van der Waals surface area contributed by atoms with Gasteiger partial charge in [-0.3, -0.25) is 0 Å². The van der Waals surface area contributed by atoms with Crippen LogP contribution in [-0.4, -0.2) is 0 Å². The van der Waals surface area contributed by atoms with Crippen molar-refractivity contribution in [2.24, 2.45) is 0 Å². The molecular formula is C20H21Cl2NO. The third-order valence-corrected chi connectivity index (χ3v) is 4.40. The first kappa shape index (κ1) is 18.6. The molecule has 0 heterocycles. The van der Waals surface area contributed by atoms with Crippen molar-refractivity contribution in [1.29, 1.82) is 5.26 Å². The van der Waals surface area contributed by atoms with Crippen molar-refractivity contribution in [3.05, 3.63) is 57.6 Å². The summed E-state index contributed by atoms with van der Waals surface area (Å²) < 4.78 is 5.85. The molecule has 0 amide bonds. The molecule has 0 N–H and O–H groups in total. The minimum absolute atomic E-state index is 0.466. The highest BCUT2D eigenvalue weighted by Crippen LogP contribution is 2.32. The average Bonchev–Trinajstić information content (AvgIpc) is 2.57. The molecule has 0 aliphatic heterocycles. The lowest BCUT2D eigenvalue weighted by Gasteiger charge is -2.11. The highest BCUT2D eigenvalue weighted by Gasteiger charge is 2.08. The van der Waals surface area contributed by atoms with E-state index in [9.17, 15) is 5.26 Å². The smallest absolute Gasteiger partial charge is 0.146 e. The summed E-state index contributed by atoms with van der Waals surface area (Å²) in [5.41, 5.74) is 1.73. The summed E-state index contributed by atoms with van der Waals surface area (Å²) in [5, 5.41) is 10.3. The number of rotatable bonds is 8. The predicted molar refractivity (Wildman–Crippen MR) is 100 cm³/mol. The highest BCUT2D eigenvalue weighted by atomic mass is 35.5. The minimum atomic E-state index is 0.466. The lowest BCUT2D eigenvalue weighted by molar-refractivity contribution is 0.482. The number of hydrogen-bond acceptors (Lipinski definition) is 2. The van der Waals surface area contributed by atoms with Crippen LogP contribution in [-0.2, 0) is 6.42 Å². The Hall–Kier alpha value is -1.69. The van der Waals surface area contributed by atoms with E-state index >= 15 is 0 Å². The third-order valence-electron chi connectivity index (χ3n) is 3.87. The molecule has 0 aliphatic carbocycles. The molecule has 24 heavy (non-hydrogen) atoms. The topological polar surface area (TPSA) is 33.0 Å². The summed E-state index contributed by atoms with van der Waals surface area (Å²) in [6.45, 7) is 2.20. The molecule has 0 spiro atoms. The second-order valence-electron chi connectivity index (χ2n) is 5.77. The van der Waals surface area contributed by atoms with Gasteiger partial charge in [-0.15, -0.1) is 0 Å². The normalized spacial score (nSPS) is 10.4. The summed E-state index contributed by atoms with van der Waals surface area (Å²) in [5.74, 6) is 1.24. The molecule has 0 radical (unpaired) electrons. The lowest BCUT2D eigenvalue weighted by atomic mass is 10.0. The molecule has 4 heteroatoms. The maximum Gasteiger partial charge on any atom is 0.146 e. The van der Waals surface area contributed by atoms with Crippen molar-refractivity contribution in [2.75, 3.05) is 0 Å². The fourth-order valence-electron chi connectivity index (χ4n) is 2.55. The maximum absolute atomic E-state index is 9.29. The number of benzene rings is 2. The van der Waals surface area contributed by atoms with Crippen LogP contribution in [0.25, 0.3) is 0 Å². The van der Waals surface area contributed by atoms with E-state index in [4.69, 9.17) is 27.9 Å². The Morgan fingerprint density at radius 1 is 1.00 bits per heavy atom. The van der Waals surface area contributed by atoms with Crippen molar-refractivity contribution < 1.29 is 4.74 Å². The second-order valence-corrected chi connectivity index (χ2v) is 6.62. The number of halogens is 2. The first-order valence-corrected chi connectivity index (χ1v) is 9.05. The average molecular weight is 362 g/mol. The van der Waals surface area contributed by atoms with Gasteiger partial charge in [0.1, 0.15) is 11.5 Å². The van der Waals surface area contributed by atoms with E-state index in [0.29, 0.717) is 27.1 Å². The Labute approximate surface area is 154 Å². The number of hydrogen-bond donors (Lipinski definition) is 0. The van der Waals surface area contributed by atoms with Crippen LogP contribution in [0.1, 0.15) is 50.2 Å². The van der Waals surface area contributed by atoms with Crippen LogP contribution in [0.2, 0.25) is 10.0 Å². The van der Waals surface area contributed by atoms with Crippen LogP contribution in [0.5, 0.6) is 11.5 Å². The minimum Gasteiger partial charge on any atom is -0.456 e. The zero-order valence-corrected chi connectivity index (χ0v) is 15.3. The monoisotopic (exact) mass is 361 g/mol. The molecule has 2 rings (SSSR count). The SMILES string of the molecule is CCCCCCCc1cc(Oc2ccc(Cl)cc2Cl)ccc1C#N. The first-order valence-electron chi connectivity index (χ1n) is 8.30. The van der Waals surface area contributed by atoms with E-state index in [1.165, 1.54) is 25.7 Å². The Bertz CT molecular complexity index is 722. The standard InChI is InChI=1S/C20H21Cl2NO/c1-2-3-4-5-6-7-15-12-18(10-8-16(15)14-23)24-20-11-9-17(21)13-19(20)22/h8-13H,2-7H2,1H3. The van der Waals surface area contributed by atoms with E-state index in [2.05, 4.69) is 13.0 Å². The van der Waals surface area contributed by atoms with Crippen molar-refractivity contribution in [3.8, 4) is 17.6 Å². The Balaban J connectivity index is 2.08. The number of nitrogens with zero attached hydrogens (tertiary/aromatic N) is 1. The van der Waals surface area contributed by atoms with Crippen molar-refractivity contribution in [3.63, 3.8) is 0 Å². The summed E-state index contributed by atoms with van der Waals surface area (Å²) in [4.78, 5) is 0. The molecule has 0 aliphatic rings. The van der Waals surface area contributed by atoms with Crippen LogP contribution in [0, 0.1) is 11.3 Å². The van der Waals surface area contributed by atoms with Crippen LogP contribution in [0.3, 0.4) is 0 Å². The van der Waals surface area contributed by atoms with Gasteiger partial charge in [0, 0.05) is 5.02 Å². The number of unbranched alkanes of at least 4 members (excludes halogenated alkanes) is 4. The van der Waals surface area contributed by atoms with E-state index in [1.54, 1.807) is 30.3 Å². The van der Waals surface area contributed by atoms with Gasteiger partial charge in [0.2, 0.25) is 0 Å². The maximum atomic E-state index is 9.29. The first-order chi connectivity index (χ1) is 11.6. The zero-order chi connectivity index (χ0) is 17.4. The summed E-state index contributed by atoms with van der Waals surface area (Å²) in [6, 6.07) is 12.9. The molecular weight excluding hydrogens is 341 g/mol. The van der Waals surface area contributed by atoms with Gasteiger partial charge >= 0.3 is 0 Å². The van der Waals surface area contributed by atoms with Crippen LogP contribution >= 0.6 is 23.2 Å².